The number of hydrogen-bond acceptors (Lipinski definition) is 5. The van der Waals surface area contributed by atoms with Gasteiger partial charge in [-0.1, -0.05) is 17.7 Å². The van der Waals surface area contributed by atoms with E-state index < -0.39 is 17.7 Å². The normalized spacial score (nSPS) is 14.9. The van der Waals surface area contributed by atoms with Gasteiger partial charge in [0.2, 0.25) is 5.91 Å². The van der Waals surface area contributed by atoms with Crippen molar-refractivity contribution in [2.24, 2.45) is 0 Å². The summed E-state index contributed by atoms with van der Waals surface area (Å²) < 4.78 is 43.9. The third-order valence-electron chi connectivity index (χ3n) is 5.89. The number of fused-ring (bicyclic) bond motifs is 1. The van der Waals surface area contributed by atoms with Crippen LogP contribution in [0, 0.1) is 6.92 Å². The Balaban J connectivity index is 1.41. The largest absolute Gasteiger partial charge is 0.464 e. The fraction of sp³-hybridized carbons (Fsp3) is 0.333. The molecule has 1 aliphatic rings. The van der Waals surface area contributed by atoms with Crippen LogP contribution < -0.4 is 10.2 Å². The second-order valence-electron chi connectivity index (χ2n) is 8.28. The number of esters is 1. The van der Waals surface area contributed by atoms with E-state index in [1.165, 1.54) is 13.2 Å². The van der Waals surface area contributed by atoms with E-state index in [9.17, 15) is 22.8 Å². The number of ether oxygens (including phenoxy) is 1. The zero-order valence-electron chi connectivity index (χ0n) is 18.8. The van der Waals surface area contributed by atoms with Crippen LogP contribution in [0.3, 0.4) is 0 Å². The number of carbonyl (C=O) groups is 2. The van der Waals surface area contributed by atoms with E-state index >= 15 is 0 Å². The number of H-pyrrole nitrogens is 1. The molecule has 2 N–H and O–H groups in total. The van der Waals surface area contributed by atoms with Gasteiger partial charge in [0, 0.05) is 42.8 Å². The van der Waals surface area contributed by atoms with Crippen molar-refractivity contribution in [3.8, 4) is 0 Å². The molecule has 0 radical (unpaired) electrons. The average molecular weight is 474 g/mol. The predicted octanol–water partition coefficient (Wildman–Crippen LogP) is 4.04. The molecule has 7 nitrogen and oxygen atoms in total. The lowest BCUT2D eigenvalue weighted by atomic mass is 10.1. The van der Waals surface area contributed by atoms with Gasteiger partial charge in [0.05, 0.1) is 24.9 Å². The van der Waals surface area contributed by atoms with Gasteiger partial charge >= 0.3 is 12.1 Å². The average Bonchev–Trinajstić information content (AvgIpc) is 3.16. The van der Waals surface area contributed by atoms with Crippen molar-refractivity contribution in [3.05, 3.63) is 59.3 Å². The molecule has 0 spiro atoms. The summed E-state index contributed by atoms with van der Waals surface area (Å²) in [4.78, 5) is 31.9. The number of aryl methyl sites for hydroxylation is 1. The minimum Gasteiger partial charge on any atom is -0.464 e. The van der Waals surface area contributed by atoms with Gasteiger partial charge in [-0.25, -0.2) is 4.79 Å². The number of halogens is 3. The highest BCUT2D eigenvalue weighted by Gasteiger charge is 2.31. The molecule has 0 saturated carbocycles. The summed E-state index contributed by atoms with van der Waals surface area (Å²) in [6.07, 6.45) is -4.39. The number of aromatic amines is 1. The molecular formula is C24H25F3N4O3. The fourth-order valence-corrected chi connectivity index (χ4v) is 4.12. The lowest BCUT2D eigenvalue weighted by Gasteiger charge is -2.36. The van der Waals surface area contributed by atoms with E-state index in [0.29, 0.717) is 48.5 Å². The molecule has 0 aliphatic carbocycles. The Bertz CT molecular complexity index is 1210. The highest BCUT2D eigenvalue weighted by atomic mass is 19.4. The van der Waals surface area contributed by atoms with Crippen LogP contribution in [0.5, 0.6) is 0 Å². The fourth-order valence-electron chi connectivity index (χ4n) is 4.12. The Hall–Kier alpha value is -3.53. The van der Waals surface area contributed by atoms with E-state index in [2.05, 4.69) is 10.3 Å². The van der Waals surface area contributed by atoms with Crippen molar-refractivity contribution in [2.75, 3.05) is 50.1 Å². The summed E-state index contributed by atoms with van der Waals surface area (Å²) in [6.45, 7) is 4.03. The molecular weight excluding hydrogens is 449 g/mol. The zero-order chi connectivity index (χ0) is 24.5. The molecule has 1 saturated heterocycles. The molecule has 0 bridgehead atoms. The molecule has 2 heterocycles. The van der Waals surface area contributed by atoms with Crippen LogP contribution >= 0.6 is 0 Å². The maximum absolute atomic E-state index is 13.0. The molecule has 1 aromatic heterocycles. The van der Waals surface area contributed by atoms with E-state index in [-0.39, 0.29) is 18.1 Å². The van der Waals surface area contributed by atoms with E-state index in [0.717, 1.165) is 17.7 Å². The number of amides is 1. The molecule has 0 atom stereocenters. The van der Waals surface area contributed by atoms with E-state index in [1.807, 2.05) is 34.9 Å². The van der Waals surface area contributed by atoms with Crippen molar-refractivity contribution in [1.82, 2.24) is 9.88 Å². The third-order valence-corrected chi connectivity index (χ3v) is 5.89. The first-order valence-electron chi connectivity index (χ1n) is 10.8. The maximum atomic E-state index is 13.0. The van der Waals surface area contributed by atoms with Crippen LogP contribution in [0.4, 0.5) is 24.5 Å². The Labute approximate surface area is 194 Å². The van der Waals surface area contributed by atoms with Crippen molar-refractivity contribution in [2.45, 2.75) is 13.1 Å². The van der Waals surface area contributed by atoms with E-state index in [4.69, 9.17) is 4.74 Å². The highest BCUT2D eigenvalue weighted by Crippen LogP contribution is 2.32. The number of carbonyl (C=O) groups excluding carboxylic acids is 2. The number of hydrogen-bond donors (Lipinski definition) is 2. The SMILES string of the molecule is COC(=O)c1[nH]c2ccc(C)cc2c1NC(=O)CN1CCN(c2cccc(C(F)(F)F)c2)CC1. The van der Waals surface area contributed by atoms with Crippen LogP contribution in [0.25, 0.3) is 10.9 Å². The first kappa shape index (κ1) is 23.6. The van der Waals surface area contributed by atoms with Crippen molar-refractivity contribution in [1.29, 1.82) is 0 Å². The molecule has 4 rings (SSSR count). The molecule has 3 aromatic rings. The van der Waals surface area contributed by atoms with Crippen LogP contribution in [-0.4, -0.2) is 61.6 Å². The number of nitrogens with zero attached hydrogens (tertiary/aromatic N) is 2. The number of aromatic nitrogens is 1. The number of anilines is 2. The molecule has 10 heteroatoms. The number of nitrogens with one attached hydrogen (secondary N) is 2. The van der Waals surface area contributed by atoms with E-state index in [1.54, 1.807) is 6.07 Å². The lowest BCUT2D eigenvalue weighted by molar-refractivity contribution is -0.137. The van der Waals surface area contributed by atoms with Crippen LogP contribution in [-0.2, 0) is 15.7 Å². The molecule has 34 heavy (non-hydrogen) atoms. The van der Waals surface area contributed by atoms with Crippen LogP contribution in [0.2, 0.25) is 0 Å². The van der Waals surface area contributed by atoms with Crippen LogP contribution in [0.15, 0.2) is 42.5 Å². The topological polar surface area (TPSA) is 77.7 Å². The predicted molar refractivity (Wildman–Crippen MR) is 123 cm³/mol. The van der Waals surface area contributed by atoms with Gasteiger partial charge in [0.25, 0.3) is 0 Å². The summed E-state index contributed by atoms with van der Waals surface area (Å²) in [7, 11) is 1.27. The van der Waals surface area contributed by atoms with Gasteiger partial charge in [0.15, 0.2) is 0 Å². The maximum Gasteiger partial charge on any atom is 0.416 e. The quantitative estimate of drug-likeness (QED) is 0.546. The lowest BCUT2D eigenvalue weighted by Crippen LogP contribution is -2.48. The standard InChI is InChI=1S/C24H25F3N4O3/c1-15-6-7-19-18(12-15)21(22(28-19)23(33)34-2)29-20(32)14-30-8-10-31(11-9-30)17-5-3-4-16(13-17)24(25,26)27/h3-7,12-13,28H,8-11,14H2,1-2H3,(H,29,32). The number of benzene rings is 2. The Morgan fingerprint density at radius 2 is 1.82 bits per heavy atom. The second kappa shape index (κ2) is 9.38. The van der Waals surface area contributed by atoms with Gasteiger partial charge in [-0.3, -0.25) is 9.69 Å². The van der Waals surface area contributed by atoms with Gasteiger partial charge in [-0.2, -0.15) is 13.2 Å². The molecule has 180 valence electrons. The van der Waals surface area contributed by atoms with Gasteiger partial charge in [-0.15, -0.1) is 0 Å². The molecule has 0 unspecified atom stereocenters. The summed E-state index contributed by atoms with van der Waals surface area (Å²) in [5.74, 6) is -0.876. The smallest absolute Gasteiger partial charge is 0.416 e. The van der Waals surface area contributed by atoms with Crippen molar-refractivity contribution >= 4 is 34.2 Å². The second-order valence-corrected chi connectivity index (χ2v) is 8.28. The molecule has 1 aliphatic heterocycles. The number of alkyl halides is 3. The Morgan fingerprint density at radius 3 is 2.50 bits per heavy atom. The first-order chi connectivity index (χ1) is 16.2. The Morgan fingerprint density at radius 1 is 1.09 bits per heavy atom. The summed E-state index contributed by atoms with van der Waals surface area (Å²) in [5.41, 5.74) is 2.06. The Kier molecular flexibility index (Phi) is 6.52. The van der Waals surface area contributed by atoms with Crippen LogP contribution in [0.1, 0.15) is 21.6 Å². The molecule has 1 amide bonds. The summed E-state index contributed by atoms with van der Waals surface area (Å²) in [6, 6.07) is 10.9. The number of piperazine rings is 1. The highest BCUT2D eigenvalue weighted by molar-refractivity contribution is 6.11. The third kappa shape index (κ3) is 5.01. The van der Waals surface area contributed by atoms with Crippen molar-refractivity contribution < 1.29 is 27.5 Å². The number of methoxy groups -OCH3 is 1. The number of rotatable bonds is 5. The monoisotopic (exact) mass is 474 g/mol. The molecule has 2 aromatic carbocycles. The molecule has 1 fully saturated rings. The minimum atomic E-state index is -4.39. The zero-order valence-corrected chi connectivity index (χ0v) is 18.8. The summed E-state index contributed by atoms with van der Waals surface area (Å²) in [5, 5.41) is 3.55. The first-order valence-corrected chi connectivity index (χ1v) is 10.8. The summed E-state index contributed by atoms with van der Waals surface area (Å²) >= 11 is 0. The minimum absolute atomic E-state index is 0.0928. The van der Waals surface area contributed by atoms with Gasteiger partial charge in [-0.05, 0) is 37.3 Å². The van der Waals surface area contributed by atoms with Crippen molar-refractivity contribution in [3.63, 3.8) is 0 Å². The van der Waals surface area contributed by atoms with Gasteiger partial charge in [0.1, 0.15) is 5.69 Å². The van der Waals surface area contributed by atoms with Gasteiger partial charge < -0.3 is 19.9 Å².